The second kappa shape index (κ2) is 9.14. The van der Waals surface area contributed by atoms with E-state index in [1.807, 2.05) is 30.3 Å². The molecule has 1 aromatic heterocycles. The van der Waals surface area contributed by atoms with Gasteiger partial charge in [0, 0.05) is 0 Å². The minimum atomic E-state index is -1.11. The number of hydrogen-bond donors (Lipinski definition) is 2. The molecule has 1 unspecified atom stereocenters. The molecule has 0 spiro atoms. The minimum Gasteiger partial charge on any atom is -0.478 e. The number of aromatic carboxylic acids is 1. The van der Waals surface area contributed by atoms with Crippen molar-refractivity contribution in [2.45, 2.75) is 32.6 Å². The molecule has 1 atom stereocenters. The van der Waals surface area contributed by atoms with Gasteiger partial charge in [-0.15, -0.1) is 0 Å². The van der Waals surface area contributed by atoms with E-state index in [4.69, 9.17) is 4.52 Å². The lowest BCUT2D eigenvalue weighted by atomic mass is 9.90. The van der Waals surface area contributed by atoms with Crippen molar-refractivity contribution >= 4 is 17.6 Å². The van der Waals surface area contributed by atoms with Crippen molar-refractivity contribution in [3.63, 3.8) is 0 Å². The molecule has 1 amide bonds. The summed E-state index contributed by atoms with van der Waals surface area (Å²) in [6.45, 7) is 4.25. The van der Waals surface area contributed by atoms with Crippen LogP contribution in [0.3, 0.4) is 0 Å². The lowest BCUT2D eigenvalue weighted by Gasteiger charge is -2.15. The summed E-state index contributed by atoms with van der Waals surface area (Å²) in [5.41, 5.74) is 1.34. The first-order valence-corrected chi connectivity index (χ1v) is 9.43. The van der Waals surface area contributed by atoms with Crippen molar-refractivity contribution < 1.29 is 19.2 Å². The number of carboxylic acids is 1. The SMILES string of the molecule is CC(C)CC(c1ccccc1)c1nc(CC(=O)Nc2ccccc2C(=O)O)no1. The lowest BCUT2D eigenvalue weighted by Crippen LogP contribution is -2.17. The molecular weight excluding hydrogens is 370 g/mol. The largest absolute Gasteiger partial charge is 0.478 e. The fraction of sp³-hybridized carbons (Fsp3) is 0.273. The van der Waals surface area contributed by atoms with Crippen molar-refractivity contribution in [3.8, 4) is 0 Å². The zero-order chi connectivity index (χ0) is 20.8. The molecule has 0 saturated carbocycles. The Morgan fingerprint density at radius 3 is 2.45 bits per heavy atom. The Balaban J connectivity index is 1.74. The highest BCUT2D eigenvalue weighted by molar-refractivity contribution is 6.00. The van der Waals surface area contributed by atoms with E-state index in [-0.39, 0.29) is 29.4 Å². The third kappa shape index (κ3) is 5.28. The molecule has 29 heavy (non-hydrogen) atoms. The average molecular weight is 393 g/mol. The highest BCUT2D eigenvalue weighted by Gasteiger charge is 2.23. The second-order valence-electron chi connectivity index (χ2n) is 7.22. The predicted molar refractivity (Wildman–Crippen MR) is 108 cm³/mol. The molecule has 3 rings (SSSR count). The van der Waals surface area contributed by atoms with Gasteiger partial charge in [0.25, 0.3) is 0 Å². The number of carboxylic acid groups (broad SMARTS) is 1. The average Bonchev–Trinajstić information content (AvgIpc) is 3.15. The highest BCUT2D eigenvalue weighted by atomic mass is 16.5. The maximum absolute atomic E-state index is 12.4. The second-order valence-corrected chi connectivity index (χ2v) is 7.22. The summed E-state index contributed by atoms with van der Waals surface area (Å²) in [6.07, 6.45) is 0.727. The normalized spacial score (nSPS) is 12.0. The molecule has 2 N–H and O–H groups in total. The minimum absolute atomic E-state index is 0.0238. The van der Waals surface area contributed by atoms with Crippen LogP contribution < -0.4 is 5.32 Å². The van der Waals surface area contributed by atoms with Gasteiger partial charge in [-0.05, 0) is 30.0 Å². The summed E-state index contributed by atoms with van der Waals surface area (Å²) in [6, 6.07) is 16.2. The van der Waals surface area contributed by atoms with E-state index in [2.05, 4.69) is 29.3 Å². The Morgan fingerprint density at radius 1 is 1.07 bits per heavy atom. The molecule has 1 heterocycles. The van der Waals surface area contributed by atoms with Gasteiger partial charge in [-0.2, -0.15) is 4.98 Å². The van der Waals surface area contributed by atoms with Crippen LogP contribution in [-0.2, 0) is 11.2 Å². The number of benzene rings is 2. The summed E-state index contributed by atoms with van der Waals surface area (Å²) >= 11 is 0. The number of rotatable bonds is 8. The van der Waals surface area contributed by atoms with Gasteiger partial charge in [-0.25, -0.2) is 4.79 Å². The quantitative estimate of drug-likeness (QED) is 0.596. The van der Waals surface area contributed by atoms with Crippen molar-refractivity contribution in [3.05, 3.63) is 77.4 Å². The molecule has 0 bridgehead atoms. The first kappa shape index (κ1) is 20.3. The Labute approximate surface area is 168 Å². The molecule has 0 saturated heterocycles. The summed E-state index contributed by atoms with van der Waals surface area (Å²) in [5, 5.41) is 15.8. The number of carbonyl (C=O) groups excluding carboxylic acids is 1. The number of para-hydroxylation sites is 1. The van der Waals surface area contributed by atoms with Gasteiger partial charge in [0.1, 0.15) is 0 Å². The lowest BCUT2D eigenvalue weighted by molar-refractivity contribution is -0.115. The number of nitrogens with zero attached hydrogens (tertiary/aromatic N) is 2. The number of carbonyl (C=O) groups is 2. The Hall–Kier alpha value is -3.48. The molecule has 2 aromatic carbocycles. The standard InChI is InChI=1S/C22H23N3O4/c1-14(2)12-17(15-8-4-3-5-9-15)21-24-19(25-29-21)13-20(26)23-18-11-7-6-10-16(18)22(27)28/h3-11,14,17H,12-13H2,1-2H3,(H,23,26)(H,27,28). The molecular formula is C22H23N3O4. The van der Waals surface area contributed by atoms with Gasteiger partial charge in [0.05, 0.1) is 23.6 Å². The van der Waals surface area contributed by atoms with Crippen LogP contribution in [0.1, 0.15) is 53.8 Å². The van der Waals surface area contributed by atoms with Gasteiger partial charge in [0.2, 0.25) is 11.8 Å². The number of aromatic nitrogens is 2. The molecule has 0 aliphatic rings. The molecule has 150 valence electrons. The van der Waals surface area contributed by atoms with Crippen LogP contribution in [0.25, 0.3) is 0 Å². The molecule has 0 aliphatic carbocycles. The Bertz CT molecular complexity index is 982. The zero-order valence-corrected chi connectivity index (χ0v) is 16.3. The maximum Gasteiger partial charge on any atom is 0.337 e. The number of anilines is 1. The predicted octanol–water partition coefficient (Wildman–Crippen LogP) is 4.13. The van der Waals surface area contributed by atoms with E-state index in [0.29, 0.717) is 11.8 Å². The highest BCUT2D eigenvalue weighted by Crippen LogP contribution is 2.29. The van der Waals surface area contributed by atoms with E-state index in [0.717, 1.165) is 12.0 Å². The Morgan fingerprint density at radius 2 is 1.76 bits per heavy atom. The van der Waals surface area contributed by atoms with E-state index in [9.17, 15) is 14.7 Å². The van der Waals surface area contributed by atoms with Gasteiger partial charge in [0.15, 0.2) is 5.82 Å². The van der Waals surface area contributed by atoms with Crippen molar-refractivity contribution in [1.29, 1.82) is 0 Å². The maximum atomic E-state index is 12.4. The van der Waals surface area contributed by atoms with Gasteiger partial charge in [-0.1, -0.05) is 61.5 Å². The monoisotopic (exact) mass is 393 g/mol. The molecule has 3 aromatic rings. The summed E-state index contributed by atoms with van der Waals surface area (Å²) < 4.78 is 5.46. The summed E-state index contributed by atoms with van der Waals surface area (Å²) in [5.74, 6) is -0.415. The van der Waals surface area contributed by atoms with Gasteiger partial charge < -0.3 is 14.9 Å². The number of amides is 1. The molecule has 0 radical (unpaired) electrons. The molecule has 7 heteroatoms. The topological polar surface area (TPSA) is 105 Å². The fourth-order valence-electron chi connectivity index (χ4n) is 3.13. The number of hydrogen-bond acceptors (Lipinski definition) is 5. The van der Waals surface area contributed by atoms with Crippen LogP contribution in [0, 0.1) is 5.92 Å². The van der Waals surface area contributed by atoms with Gasteiger partial charge >= 0.3 is 5.97 Å². The third-order valence-electron chi connectivity index (χ3n) is 4.44. The Kier molecular flexibility index (Phi) is 6.39. The summed E-state index contributed by atoms with van der Waals surface area (Å²) in [7, 11) is 0. The van der Waals surface area contributed by atoms with Crippen molar-refractivity contribution in [1.82, 2.24) is 10.1 Å². The van der Waals surface area contributed by atoms with Crippen LogP contribution in [-0.4, -0.2) is 27.1 Å². The first-order chi connectivity index (χ1) is 13.9. The van der Waals surface area contributed by atoms with Crippen LogP contribution in [0.5, 0.6) is 0 Å². The van der Waals surface area contributed by atoms with Crippen LogP contribution in [0.4, 0.5) is 5.69 Å². The first-order valence-electron chi connectivity index (χ1n) is 9.43. The van der Waals surface area contributed by atoms with Crippen molar-refractivity contribution in [2.75, 3.05) is 5.32 Å². The molecule has 0 fully saturated rings. The zero-order valence-electron chi connectivity index (χ0n) is 16.3. The van der Waals surface area contributed by atoms with Crippen LogP contribution in [0.15, 0.2) is 59.1 Å². The smallest absolute Gasteiger partial charge is 0.337 e. The van der Waals surface area contributed by atoms with Crippen LogP contribution >= 0.6 is 0 Å². The van der Waals surface area contributed by atoms with E-state index < -0.39 is 11.9 Å². The number of nitrogens with one attached hydrogen (secondary N) is 1. The van der Waals surface area contributed by atoms with Crippen LogP contribution in [0.2, 0.25) is 0 Å². The fourth-order valence-corrected chi connectivity index (χ4v) is 3.13. The van der Waals surface area contributed by atoms with E-state index in [1.54, 1.807) is 12.1 Å². The molecule has 7 nitrogen and oxygen atoms in total. The van der Waals surface area contributed by atoms with E-state index >= 15 is 0 Å². The van der Waals surface area contributed by atoms with Gasteiger partial charge in [-0.3, -0.25) is 4.79 Å². The van der Waals surface area contributed by atoms with E-state index in [1.165, 1.54) is 12.1 Å². The molecule has 0 aliphatic heterocycles. The third-order valence-corrected chi connectivity index (χ3v) is 4.44. The van der Waals surface area contributed by atoms with Crippen molar-refractivity contribution in [2.24, 2.45) is 5.92 Å². The summed E-state index contributed by atoms with van der Waals surface area (Å²) in [4.78, 5) is 28.1.